The van der Waals surface area contributed by atoms with Crippen molar-refractivity contribution in [2.24, 2.45) is 5.92 Å². The van der Waals surface area contributed by atoms with E-state index in [1.165, 1.54) is 24.8 Å². The summed E-state index contributed by atoms with van der Waals surface area (Å²) >= 11 is 0. The van der Waals surface area contributed by atoms with Gasteiger partial charge in [-0.2, -0.15) is 0 Å². The second kappa shape index (κ2) is 3.00. The van der Waals surface area contributed by atoms with Crippen molar-refractivity contribution in [2.75, 3.05) is 0 Å². The highest BCUT2D eigenvalue weighted by molar-refractivity contribution is 5.87. The van der Waals surface area contributed by atoms with Crippen LogP contribution in [-0.4, -0.2) is 5.78 Å². The van der Waals surface area contributed by atoms with E-state index in [1.54, 1.807) is 13.0 Å². The van der Waals surface area contributed by atoms with Crippen LogP contribution in [0, 0.1) is 5.92 Å². The van der Waals surface area contributed by atoms with Crippen LogP contribution >= 0.6 is 0 Å². The minimum Gasteiger partial charge on any atom is -0.295 e. The average molecular weight is 138 g/mol. The first-order chi connectivity index (χ1) is 4.70. The highest BCUT2D eigenvalue weighted by Gasteiger charge is 2.18. The van der Waals surface area contributed by atoms with Crippen LogP contribution in [0.25, 0.3) is 0 Å². The Morgan fingerprint density at radius 3 is 2.30 bits per heavy atom. The predicted octanol–water partition coefficient (Wildman–Crippen LogP) is 2.32. The lowest BCUT2D eigenvalue weighted by Gasteiger charge is -2.25. The maximum absolute atomic E-state index is 10.6. The highest BCUT2D eigenvalue weighted by atomic mass is 16.1. The van der Waals surface area contributed by atoms with E-state index in [1.807, 2.05) is 0 Å². The van der Waals surface area contributed by atoms with Crippen molar-refractivity contribution in [1.82, 2.24) is 0 Å². The van der Waals surface area contributed by atoms with Crippen LogP contribution in [0.1, 0.15) is 33.1 Å². The summed E-state index contributed by atoms with van der Waals surface area (Å²) in [6.07, 6.45) is 5.68. The predicted molar refractivity (Wildman–Crippen MR) is 41.8 cm³/mol. The van der Waals surface area contributed by atoms with Crippen molar-refractivity contribution >= 4 is 5.78 Å². The molecule has 1 heteroatoms. The third kappa shape index (κ3) is 1.69. The lowest BCUT2D eigenvalue weighted by molar-refractivity contribution is -0.112. The second-order valence-corrected chi connectivity index (χ2v) is 3.13. The number of allylic oxidation sites excluding steroid dienone is 2. The normalized spacial score (nSPS) is 20.4. The third-order valence-electron chi connectivity index (χ3n) is 2.18. The third-order valence-corrected chi connectivity index (χ3v) is 2.18. The van der Waals surface area contributed by atoms with Crippen molar-refractivity contribution in [2.45, 2.75) is 33.1 Å². The molecule has 0 spiro atoms. The Morgan fingerprint density at radius 2 is 2.00 bits per heavy atom. The van der Waals surface area contributed by atoms with Crippen LogP contribution in [0.15, 0.2) is 11.6 Å². The van der Waals surface area contributed by atoms with Crippen molar-refractivity contribution in [1.29, 1.82) is 0 Å². The molecule has 0 aromatic carbocycles. The molecule has 1 fully saturated rings. The summed E-state index contributed by atoms with van der Waals surface area (Å²) in [4.78, 5) is 10.6. The van der Waals surface area contributed by atoms with Crippen LogP contribution in [-0.2, 0) is 4.79 Å². The van der Waals surface area contributed by atoms with E-state index in [2.05, 4.69) is 6.92 Å². The summed E-state index contributed by atoms with van der Waals surface area (Å²) in [6, 6.07) is 0. The summed E-state index contributed by atoms with van der Waals surface area (Å²) in [5.41, 5.74) is 1.28. The van der Waals surface area contributed by atoms with Gasteiger partial charge in [0, 0.05) is 0 Å². The Bertz CT molecular complexity index is 164. The van der Waals surface area contributed by atoms with Gasteiger partial charge in [-0.25, -0.2) is 0 Å². The van der Waals surface area contributed by atoms with Gasteiger partial charge in [0.05, 0.1) is 0 Å². The molecular weight excluding hydrogens is 124 g/mol. The minimum atomic E-state index is 0.185. The number of ketones is 1. The van der Waals surface area contributed by atoms with Gasteiger partial charge in [-0.05, 0) is 38.7 Å². The van der Waals surface area contributed by atoms with E-state index >= 15 is 0 Å². The molecular formula is C9H14O. The highest BCUT2D eigenvalue weighted by Crippen LogP contribution is 2.32. The SMILES string of the molecule is CC(=O)/C=C(\C)C1CCC1. The number of carbonyl (C=O) groups excluding carboxylic acids is 1. The Morgan fingerprint density at radius 1 is 1.40 bits per heavy atom. The Kier molecular flexibility index (Phi) is 2.25. The lowest BCUT2D eigenvalue weighted by Crippen LogP contribution is -2.12. The molecule has 0 bridgehead atoms. The van der Waals surface area contributed by atoms with Crippen LogP contribution in [0.4, 0.5) is 0 Å². The van der Waals surface area contributed by atoms with Gasteiger partial charge in [0.25, 0.3) is 0 Å². The molecule has 1 nitrogen and oxygen atoms in total. The maximum atomic E-state index is 10.6. The fourth-order valence-electron chi connectivity index (χ4n) is 1.30. The molecule has 0 aliphatic heterocycles. The molecule has 1 saturated carbocycles. The molecule has 0 heterocycles. The molecule has 1 aliphatic rings. The van der Waals surface area contributed by atoms with Gasteiger partial charge in [-0.3, -0.25) is 4.79 Å². The lowest BCUT2D eigenvalue weighted by atomic mass is 9.80. The molecule has 0 atom stereocenters. The molecule has 0 aromatic rings. The van der Waals surface area contributed by atoms with Crippen molar-refractivity contribution in [3.63, 3.8) is 0 Å². The Labute approximate surface area is 62.1 Å². The van der Waals surface area contributed by atoms with Gasteiger partial charge in [-0.15, -0.1) is 0 Å². The number of hydrogen-bond donors (Lipinski definition) is 0. The summed E-state index contributed by atoms with van der Waals surface area (Å²) in [6.45, 7) is 3.67. The monoisotopic (exact) mass is 138 g/mol. The maximum Gasteiger partial charge on any atom is 0.152 e. The van der Waals surface area contributed by atoms with Gasteiger partial charge in [0.15, 0.2) is 5.78 Å². The van der Waals surface area contributed by atoms with Gasteiger partial charge >= 0.3 is 0 Å². The van der Waals surface area contributed by atoms with Crippen LogP contribution in [0.5, 0.6) is 0 Å². The minimum absolute atomic E-state index is 0.185. The molecule has 56 valence electrons. The van der Waals surface area contributed by atoms with Crippen molar-refractivity contribution < 1.29 is 4.79 Å². The Hall–Kier alpha value is -0.590. The fourth-order valence-corrected chi connectivity index (χ4v) is 1.30. The molecule has 0 N–H and O–H groups in total. The van der Waals surface area contributed by atoms with E-state index in [0.717, 1.165) is 5.92 Å². The molecule has 0 aromatic heterocycles. The van der Waals surface area contributed by atoms with Crippen LogP contribution in [0.3, 0.4) is 0 Å². The molecule has 0 saturated heterocycles. The molecule has 0 radical (unpaired) electrons. The van der Waals surface area contributed by atoms with Crippen molar-refractivity contribution in [3.05, 3.63) is 11.6 Å². The van der Waals surface area contributed by atoms with Gasteiger partial charge in [0.1, 0.15) is 0 Å². The van der Waals surface area contributed by atoms with Gasteiger partial charge < -0.3 is 0 Å². The molecule has 1 rings (SSSR count). The summed E-state index contributed by atoms with van der Waals surface area (Å²) in [5.74, 6) is 0.910. The summed E-state index contributed by atoms with van der Waals surface area (Å²) < 4.78 is 0. The van der Waals surface area contributed by atoms with E-state index in [-0.39, 0.29) is 5.78 Å². The largest absolute Gasteiger partial charge is 0.295 e. The average Bonchev–Trinajstić information content (AvgIpc) is 1.55. The van der Waals surface area contributed by atoms with E-state index < -0.39 is 0 Å². The van der Waals surface area contributed by atoms with E-state index in [9.17, 15) is 4.79 Å². The standard InChI is InChI=1S/C9H14O/c1-7(6-8(2)10)9-4-3-5-9/h6,9H,3-5H2,1-2H3/b7-6+. The first-order valence-electron chi connectivity index (χ1n) is 3.89. The molecule has 0 unspecified atom stereocenters. The number of hydrogen-bond acceptors (Lipinski definition) is 1. The second-order valence-electron chi connectivity index (χ2n) is 3.13. The van der Waals surface area contributed by atoms with Gasteiger partial charge in [-0.1, -0.05) is 12.0 Å². The molecule has 1 aliphatic carbocycles. The molecule has 0 amide bonds. The summed E-state index contributed by atoms with van der Waals surface area (Å²) in [5, 5.41) is 0. The van der Waals surface area contributed by atoms with Crippen LogP contribution in [0.2, 0.25) is 0 Å². The fraction of sp³-hybridized carbons (Fsp3) is 0.667. The first-order valence-corrected chi connectivity index (χ1v) is 3.89. The Balaban J connectivity index is 2.45. The zero-order valence-corrected chi connectivity index (χ0v) is 6.68. The topological polar surface area (TPSA) is 17.1 Å². The number of carbonyl (C=O) groups is 1. The van der Waals surface area contributed by atoms with Crippen molar-refractivity contribution in [3.8, 4) is 0 Å². The zero-order valence-electron chi connectivity index (χ0n) is 6.68. The van der Waals surface area contributed by atoms with E-state index in [4.69, 9.17) is 0 Å². The zero-order chi connectivity index (χ0) is 7.56. The smallest absolute Gasteiger partial charge is 0.152 e. The van der Waals surface area contributed by atoms with E-state index in [0.29, 0.717) is 0 Å². The quantitative estimate of drug-likeness (QED) is 0.535. The first kappa shape index (κ1) is 7.52. The van der Waals surface area contributed by atoms with Gasteiger partial charge in [0.2, 0.25) is 0 Å². The number of rotatable bonds is 2. The van der Waals surface area contributed by atoms with Crippen LogP contribution < -0.4 is 0 Å². The molecule has 10 heavy (non-hydrogen) atoms. The summed E-state index contributed by atoms with van der Waals surface area (Å²) in [7, 11) is 0.